The summed E-state index contributed by atoms with van der Waals surface area (Å²) in [5, 5.41) is 2.93. The fraction of sp³-hybridized carbons (Fsp3) is 0.240. The van der Waals surface area contributed by atoms with Gasteiger partial charge in [-0.2, -0.15) is 0 Å². The molecule has 1 atom stereocenters. The second kappa shape index (κ2) is 9.95. The number of amides is 1. The number of carbonyl (C=O) groups excluding carboxylic acids is 1. The van der Waals surface area contributed by atoms with Gasteiger partial charge >= 0.3 is 0 Å². The van der Waals surface area contributed by atoms with Gasteiger partial charge in [0.25, 0.3) is 15.9 Å². The van der Waals surface area contributed by atoms with Crippen LogP contribution in [0.2, 0.25) is 0 Å². The van der Waals surface area contributed by atoms with Gasteiger partial charge in [0.2, 0.25) is 0 Å². The Morgan fingerprint density at radius 2 is 1.55 bits per heavy atom. The van der Waals surface area contributed by atoms with E-state index in [-0.39, 0.29) is 22.4 Å². The molecule has 0 aliphatic rings. The maximum absolute atomic E-state index is 13.0. The molecule has 7 nitrogen and oxygen atoms in total. The molecule has 0 aromatic heterocycles. The zero-order chi connectivity index (χ0) is 24.2. The van der Waals surface area contributed by atoms with Crippen LogP contribution in [0.25, 0.3) is 0 Å². The second-order valence-electron chi connectivity index (χ2n) is 7.76. The molecule has 1 amide bonds. The maximum Gasteiger partial charge on any atom is 0.261 e. The van der Waals surface area contributed by atoms with Gasteiger partial charge in [0, 0.05) is 11.3 Å². The third kappa shape index (κ3) is 5.64. The Bertz CT molecular complexity index is 1250. The largest absolute Gasteiger partial charge is 0.493 e. The highest BCUT2D eigenvalue weighted by Gasteiger charge is 2.20. The molecular formula is C25H28N2O5S. The van der Waals surface area contributed by atoms with Gasteiger partial charge in [-0.25, -0.2) is 8.42 Å². The SMILES string of the molecule is COc1ccc(C(C)NC(=O)c2cc(S(=O)(=O)Nc3ccc(C)cc3)ccc2C)cc1OC. The molecule has 0 fully saturated rings. The molecule has 3 aromatic carbocycles. The van der Waals surface area contributed by atoms with Gasteiger partial charge in [-0.15, -0.1) is 0 Å². The van der Waals surface area contributed by atoms with Crippen molar-refractivity contribution in [2.45, 2.75) is 31.7 Å². The van der Waals surface area contributed by atoms with E-state index in [1.165, 1.54) is 12.1 Å². The monoisotopic (exact) mass is 468 g/mol. The molecule has 0 radical (unpaired) electrons. The average molecular weight is 469 g/mol. The molecule has 0 bridgehead atoms. The zero-order valence-corrected chi connectivity index (χ0v) is 20.1. The van der Waals surface area contributed by atoms with Crippen LogP contribution in [0.1, 0.15) is 40.0 Å². The van der Waals surface area contributed by atoms with Gasteiger partial charge in [-0.1, -0.05) is 29.8 Å². The first-order valence-corrected chi connectivity index (χ1v) is 11.9. The van der Waals surface area contributed by atoms with Crippen LogP contribution in [-0.2, 0) is 10.0 Å². The van der Waals surface area contributed by atoms with Crippen molar-refractivity contribution in [1.29, 1.82) is 0 Å². The topological polar surface area (TPSA) is 93.7 Å². The number of benzene rings is 3. The Morgan fingerprint density at radius 3 is 2.18 bits per heavy atom. The summed E-state index contributed by atoms with van der Waals surface area (Å²) in [5.41, 5.74) is 3.25. The van der Waals surface area contributed by atoms with Crippen LogP contribution in [-0.4, -0.2) is 28.5 Å². The maximum atomic E-state index is 13.0. The van der Waals surface area contributed by atoms with Gasteiger partial charge in [0.15, 0.2) is 11.5 Å². The number of anilines is 1. The first kappa shape index (κ1) is 24.1. The van der Waals surface area contributed by atoms with E-state index in [0.717, 1.165) is 11.1 Å². The lowest BCUT2D eigenvalue weighted by atomic mass is 10.1. The van der Waals surface area contributed by atoms with Gasteiger partial charge in [0.05, 0.1) is 25.2 Å². The number of hydrogen-bond acceptors (Lipinski definition) is 5. The summed E-state index contributed by atoms with van der Waals surface area (Å²) in [6.45, 7) is 5.53. The predicted molar refractivity (Wildman–Crippen MR) is 129 cm³/mol. The van der Waals surface area contributed by atoms with Crippen LogP contribution < -0.4 is 19.5 Å². The number of ether oxygens (including phenoxy) is 2. The zero-order valence-electron chi connectivity index (χ0n) is 19.3. The van der Waals surface area contributed by atoms with Crippen LogP contribution in [0.3, 0.4) is 0 Å². The van der Waals surface area contributed by atoms with E-state index >= 15 is 0 Å². The van der Waals surface area contributed by atoms with Crippen LogP contribution >= 0.6 is 0 Å². The Labute approximate surface area is 194 Å². The summed E-state index contributed by atoms with van der Waals surface area (Å²) in [5.74, 6) is 0.777. The van der Waals surface area contributed by atoms with Crippen LogP contribution in [0.4, 0.5) is 5.69 Å². The van der Waals surface area contributed by atoms with E-state index in [1.807, 2.05) is 32.0 Å². The van der Waals surface area contributed by atoms with E-state index in [2.05, 4.69) is 10.0 Å². The summed E-state index contributed by atoms with van der Waals surface area (Å²) >= 11 is 0. The van der Waals surface area contributed by atoms with E-state index < -0.39 is 10.0 Å². The van der Waals surface area contributed by atoms with E-state index in [4.69, 9.17) is 9.47 Å². The molecule has 0 spiro atoms. The highest BCUT2D eigenvalue weighted by atomic mass is 32.2. The number of hydrogen-bond donors (Lipinski definition) is 2. The molecule has 0 saturated carbocycles. The minimum atomic E-state index is -3.86. The highest BCUT2D eigenvalue weighted by molar-refractivity contribution is 7.92. The minimum Gasteiger partial charge on any atom is -0.493 e. The van der Waals surface area contributed by atoms with Crippen LogP contribution in [0.15, 0.2) is 65.6 Å². The molecule has 174 valence electrons. The summed E-state index contributed by atoms with van der Waals surface area (Å²) in [4.78, 5) is 13.0. The summed E-state index contributed by atoms with van der Waals surface area (Å²) < 4.78 is 38.9. The Hall–Kier alpha value is -3.52. The fourth-order valence-corrected chi connectivity index (χ4v) is 4.41. The Balaban J connectivity index is 1.82. The molecular weight excluding hydrogens is 440 g/mol. The number of rotatable bonds is 8. The molecule has 0 heterocycles. The van der Waals surface area contributed by atoms with E-state index in [1.54, 1.807) is 51.5 Å². The van der Waals surface area contributed by atoms with Gasteiger partial charge in [-0.05, 0) is 68.3 Å². The lowest BCUT2D eigenvalue weighted by Gasteiger charge is -2.18. The summed E-state index contributed by atoms with van der Waals surface area (Å²) in [7, 11) is -0.754. The lowest BCUT2D eigenvalue weighted by Crippen LogP contribution is -2.27. The molecule has 3 aromatic rings. The molecule has 3 rings (SSSR count). The van der Waals surface area contributed by atoms with Crippen molar-refractivity contribution in [3.63, 3.8) is 0 Å². The number of aryl methyl sites for hydroxylation is 2. The lowest BCUT2D eigenvalue weighted by molar-refractivity contribution is 0.0939. The number of nitrogens with one attached hydrogen (secondary N) is 2. The fourth-order valence-electron chi connectivity index (χ4n) is 3.33. The predicted octanol–water partition coefficient (Wildman–Crippen LogP) is 4.61. The van der Waals surface area contributed by atoms with Crippen molar-refractivity contribution < 1.29 is 22.7 Å². The first-order chi connectivity index (χ1) is 15.6. The van der Waals surface area contributed by atoms with Crippen molar-refractivity contribution in [1.82, 2.24) is 5.32 Å². The summed E-state index contributed by atoms with van der Waals surface area (Å²) in [6, 6.07) is 16.6. The molecule has 0 aliphatic heterocycles. The Kier molecular flexibility index (Phi) is 7.28. The van der Waals surface area contributed by atoms with Gasteiger partial charge < -0.3 is 14.8 Å². The van der Waals surface area contributed by atoms with Crippen molar-refractivity contribution in [2.75, 3.05) is 18.9 Å². The quantitative estimate of drug-likeness (QED) is 0.503. The molecule has 2 N–H and O–H groups in total. The normalized spacial score (nSPS) is 12.0. The second-order valence-corrected chi connectivity index (χ2v) is 9.44. The molecule has 0 aliphatic carbocycles. The molecule has 33 heavy (non-hydrogen) atoms. The third-order valence-electron chi connectivity index (χ3n) is 5.32. The molecule has 0 saturated heterocycles. The standard InChI is InChI=1S/C25H28N2O5S/c1-16-6-10-20(11-7-16)27-33(29,30)21-12-8-17(2)22(15-21)25(28)26-18(3)19-9-13-23(31-4)24(14-19)32-5/h6-15,18,27H,1-5H3,(H,26,28). The van der Waals surface area contributed by atoms with E-state index in [0.29, 0.717) is 22.7 Å². The smallest absolute Gasteiger partial charge is 0.261 e. The van der Waals surface area contributed by atoms with Crippen molar-refractivity contribution >= 4 is 21.6 Å². The Morgan fingerprint density at radius 1 is 0.879 bits per heavy atom. The number of methoxy groups -OCH3 is 2. The third-order valence-corrected chi connectivity index (χ3v) is 6.70. The van der Waals surface area contributed by atoms with E-state index in [9.17, 15) is 13.2 Å². The number of carbonyl (C=O) groups is 1. The minimum absolute atomic E-state index is 0.0117. The van der Waals surface area contributed by atoms with Gasteiger partial charge in [-0.3, -0.25) is 9.52 Å². The molecule has 1 unspecified atom stereocenters. The van der Waals surface area contributed by atoms with Crippen LogP contribution in [0.5, 0.6) is 11.5 Å². The van der Waals surface area contributed by atoms with Crippen molar-refractivity contribution in [3.05, 3.63) is 82.9 Å². The van der Waals surface area contributed by atoms with Crippen molar-refractivity contribution in [2.24, 2.45) is 0 Å². The highest BCUT2D eigenvalue weighted by Crippen LogP contribution is 2.30. The van der Waals surface area contributed by atoms with Crippen LogP contribution in [0, 0.1) is 13.8 Å². The molecule has 8 heteroatoms. The van der Waals surface area contributed by atoms with Gasteiger partial charge in [0.1, 0.15) is 0 Å². The first-order valence-electron chi connectivity index (χ1n) is 10.4. The van der Waals surface area contributed by atoms with Crippen molar-refractivity contribution in [3.8, 4) is 11.5 Å². The number of sulfonamides is 1. The summed E-state index contributed by atoms with van der Waals surface area (Å²) in [6.07, 6.45) is 0. The average Bonchev–Trinajstić information content (AvgIpc) is 2.79.